The average Bonchev–Trinajstić information content (AvgIpc) is 2.68. The largest absolute Gasteiger partial charge is 0.396 e. The Bertz CT molecular complexity index is 459. The van der Waals surface area contributed by atoms with Crippen molar-refractivity contribution in [2.24, 2.45) is 5.92 Å². The number of carbonyl (C=O) groups is 1. The number of carbonyl (C=O) groups excluding carboxylic acids is 1. The van der Waals surface area contributed by atoms with Crippen LogP contribution in [0.2, 0.25) is 0 Å². The number of anilines is 1. The number of aliphatic hydroxyl groups is 1. The van der Waals surface area contributed by atoms with Crippen molar-refractivity contribution in [1.29, 1.82) is 0 Å². The van der Waals surface area contributed by atoms with Crippen LogP contribution >= 0.6 is 15.9 Å². The Morgan fingerprint density at radius 3 is 2.71 bits per heavy atom. The first-order chi connectivity index (χ1) is 8.04. The lowest BCUT2D eigenvalue weighted by Crippen LogP contribution is -2.25. The number of nitrogens with zero attached hydrogens (tertiary/aromatic N) is 1. The molecule has 0 bridgehead atoms. The molecule has 17 heavy (non-hydrogen) atoms. The van der Waals surface area contributed by atoms with E-state index in [-0.39, 0.29) is 18.4 Å². The average molecular weight is 298 g/mol. The Morgan fingerprint density at radius 2 is 2.12 bits per heavy atom. The number of aliphatic hydroxyl groups excluding tert-OH is 1. The van der Waals surface area contributed by atoms with Crippen LogP contribution in [0.25, 0.3) is 0 Å². The summed E-state index contributed by atoms with van der Waals surface area (Å²) in [4.78, 5) is 13.7. The highest BCUT2D eigenvalue weighted by Crippen LogP contribution is 2.32. The van der Waals surface area contributed by atoms with Gasteiger partial charge in [0.25, 0.3) is 0 Å². The second-order valence-electron chi connectivity index (χ2n) is 4.57. The summed E-state index contributed by atoms with van der Waals surface area (Å²) in [7, 11) is 0. The van der Waals surface area contributed by atoms with E-state index in [1.165, 1.54) is 0 Å². The first-order valence-electron chi connectivity index (χ1n) is 5.71. The minimum absolute atomic E-state index is 0.0749. The predicted octanol–water partition coefficient (Wildman–Crippen LogP) is 2.41. The first-order valence-corrected chi connectivity index (χ1v) is 6.50. The molecular weight excluding hydrogens is 282 g/mol. The van der Waals surface area contributed by atoms with Gasteiger partial charge in [-0.1, -0.05) is 15.9 Å². The molecule has 0 aromatic heterocycles. The fourth-order valence-corrected chi connectivity index (χ4v) is 2.63. The van der Waals surface area contributed by atoms with Crippen LogP contribution in [-0.2, 0) is 4.79 Å². The molecule has 92 valence electrons. The van der Waals surface area contributed by atoms with Gasteiger partial charge >= 0.3 is 0 Å². The molecule has 1 atom stereocenters. The summed E-state index contributed by atoms with van der Waals surface area (Å²) in [5.74, 6) is 0.180. The molecule has 3 nitrogen and oxygen atoms in total. The minimum Gasteiger partial charge on any atom is -0.396 e. The van der Waals surface area contributed by atoms with Crippen molar-refractivity contribution in [3.05, 3.63) is 27.7 Å². The molecule has 2 rings (SSSR count). The lowest BCUT2D eigenvalue weighted by molar-refractivity contribution is -0.117. The molecule has 1 aliphatic heterocycles. The van der Waals surface area contributed by atoms with E-state index in [4.69, 9.17) is 5.11 Å². The van der Waals surface area contributed by atoms with Crippen LogP contribution in [0.1, 0.15) is 17.5 Å². The molecule has 1 aromatic rings. The summed E-state index contributed by atoms with van der Waals surface area (Å²) in [5, 5.41) is 9.13. The van der Waals surface area contributed by atoms with E-state index in [0.29, 0.717) is 13.0 Å². The van der Waals surface area contributed by atoms with Crippen LogP contribution in [0.5, 0.6) is 0 Å². The second kappa shape index (κ2) is 4.78. The number of hydrogen-bond acceptors (Lipinski definition) is 2. The number of benzene rings is 1. The number of hydrogen-bond donors (Lipinski definition) is 1. The standard InChI is InChI=1S/C13H16BrNO2/c1-8-9(2)12(4-3-11(8)14)15-6-10(7-16)5-13(15)17/h3-4,10,16H,5-7H2,1-2H3. The van der Waals surface area contributed by atoms with Gasteiger partial charge in [0.1, 0.15) is 0 Å². The third-order valence-corrected chi connectivity index (χ3v) is 4.31. The number of halogens is 1. The van der Waals surface area contributed by atoms with Crippen molar-refractivity contribution in [1.82, 2.24) is 0 Å². The summed E-state index contributed by atoms with van der Waals surface area (Å²) in [6.07, 6.45) is 0.449. The highest BCUT2D eigenvalue weighted by atomic mass is 79.9. The zero-order valence-electron chi connectivity index (χ0n) is 10.0. The maximum absolute atomic E-state index is 11.9. The van der Waals surface area contributed by atoms with Crippen molar-refractivity contribution in [3.8, 4) is 0 Å². The summed E-state index contributed by atoms with van der Waals surface area (Å²) >= 11 is 3.49. The fraction of sp³-hybridized carbons (Fsp3) is 0.462. The lowest BCUT2D eigenvalue weighted by atomic mass is 10.1. The Labute approximate surface area is 110 Å². The van der Waals surface area contributed by atoms with Crippen LogP contribution in [-0.4, -0.2) is 24.2 Å². The molecule has 1 saturated heterocycles. The van der Waals surface area contributed by atoms with Gasteiger partial charge in [-0.3, -0.25) is 4.79 Å². The van der Waals surface area contributed by atoms with Gasteiger partial charge in [0.2, 0.25) is 5.91 Å². The Morgan fingerprint density at radius 1 is 1.41 bits per heavy atom. The predicted molar refractivity (Wildman–Crippen MR) is 71.2 cm³/mol. The smallest absolute Gasteiger partial charge is 0.227 e. The molecule has 4 heteroatoms. The van der Waals surface area contributed by atoms with E-state index in [1.54, 1.807) is 4.90 Å². The molecule has 1 N–H and O–H groups in total. The van der Waals surface area contributed by atoms with Crippen LogP contribution < -0.4 is 4.90 Å². The monoisotopic (exact) mass is 297 g/mol. The van der Waals surface area contributed by atoms with Gasteiger partial charge in [-0.15, -0.1) is 0 Å². The summed E-state index contributed by atoms with van der Waals surface area (Å²) in [5.41, 5.74) is 3.24. The highest BCUT2D eigenvalue weighted by molar-refractivity contribution is 9.10. The molecule has 1 unspecified atom stereocenters. The van der Waals surface area contributed by atoms with Crippen LogP contribution in [0.15, 0.2) is 16.6 Å². The van der Waals surface area contributed by atoms with Gasteiger partial charge in [0.15, 0.2) is 0 Å². The molecule has 1 heterocycles. The Kier molecular flexibility index (Phi) is 3.54. The maximum atomic E-state index is 11.9. The minimum atomic E-state index is 0.0749. The van der Waals surface area contributed by atoms with Crippen LogP contribution in [0.3, 0.4) is 0 Å². The van der Waals surface area contributed by atoms with Gasteiger partial charge in [0.05, 0.1) is 0 Å². The first kappa shape index (κ1) is 12.6. The lowest BCUT2D eigenvalue weighted by Gasteiger charge is -2.20. The zero-order valence-corrected chi connectivity index (χ0v) is 11.6. The molecule has 0 radical (unpaired) electrons. The van der Waals surface area contributed by atoms with Crippen molar-refractivity contribution in [2.45, 2.75) is 20.3 Å². The highest BCUT2D eigenvalue weighted by Gasteiger charge is 2.31. The summed E-state index contributed by atoms with van der Waals surface area (Å²) in [6, 6.07) is 3.93. The molecule has 0 aliphatic carbocycles. The molecule has 1 aromatic carbocycles. The van der Waals surface area contributed by atoms with Crippen molar-refractivity contribution < 1.29 is 9.90 Å². The topological polar surface area (TPSA) is 40.5 Å². The zero-order chi connectivity index (χ0) is 12.6. The maximum Gasteiger partial charge on any atom is 0.227 e. The van der Waals surface area contributed by atoms with Crippen LogP contribution in [0.4, 0.5) is 5.69 Å². The summed E-state index contributed by atoms with van der Waals surface area (Å²) < 4.78 is 1.06. The SMILES string of the molecule is Cc1c(Br)ccc(N2CC(CO)CC2=O)c1C. The normalized spacial score (nSPS) is 20.1. The van der Waals surface area contributed by atoms with E-state index in [1.807, 2.05) is 26.0 Å². The van der Waals surface area contributed by atoms with E-state index >= 15 is 0 Å². The number of amides is 1. The second-order valence-corrected chi connectivity index (χ2v) is 5.43. The Balaban J connectivity index is 2.35. The fourth-order valence-electron chi connectivity index (χ4n) is 2.20. The van der Waals surface area contributed by atoms with E-state index < -0.39 is 0 Å². The van der Waals surface area contributed by atoms with Gasteiger partial charge in [-0.25, -0.2) is 0 Å². The van der Waals surface area contributed by atoms with Crippen LogP contribution in [0, 0.1) is 19.8 Å². The summed E-state index contributed by atoms with van der Waals surface area (Å²) in [6.45, 7) is 4.76. The molecule has 0 spiro atoms. The third kappa shape index (κ3) is 2.24. The third-order valence-electron chi connectivity index (χ3n) is 3.45. The van der Waals surface area contributed by atoms with E-state index in [0.717, 1.165) is 21.3 Å². The van der Waals surface area contributed by atoms with Gasteiger partial charge < -0.3 is 10.0 Å². The van der Waals surface area contributed by atoms with E-state index in [9.17, 15) is 4.79 Å². The van der Waals surface area contributed by atoms with E-state index in [2.05, 4.69) is 15.9 Å². The molecule has 0 saturated carbocycles. The molecule has 1 amide bonds. The molecule has 1 fully saturated rings. The number of rotatable bonds is 2. The Hall–Kier alpha value is -0.870. The molecular formula is C13H16BrNO2. The van der Waals surface area contributed by atoms with Gasteiger partial charge in [0, 0.05) is 35.7 Å². The van der Waals surface area contributed by atoms with Crippen molar-refractivity contribution >= 4 is 27.5 Å². The van der Waals surface area contributed by atoms with Crippen molar-refractivity contribution in [3.63, 3.8) is 0 Å². The van der Waals surface area contributed by atoms with Crippen molar-refractivity contribution in [2.75, 3.05) is 18.1 Å². The van der Waals surface area contributed by atoms with Gasteiger partial charge in [-0.05, 0) is 37.1 Å². The van der Waals surface area contributed by atoms with Gasteiger partial charge in [-0.2, -0.15) is 0 Å². The quantitative estimate of drug-likeness (QED) is 0.911. The molecule has 1 aliphatic rings.